The molecule has 0 aliphatic carbocycles. The van der Waals surface area contributed by atoms with Crippen LogP contribution in [0.1, 0.15) is 30.9 Å². The standard InChI is InChI=1S/C12H16N2O3S/c15-11(16)3-5-13-12(17)14-6-1-2-10(14)9-4-7-18-8-9/h4,7-8,10H,1-3,5-6H2,(H,13,17)(H,15,16). The van der Waals surface area contributed by atoms with Crippen LogP contribution in [0.15, 0.2) is 16.8 Å². The van der Waals surface area contributed by atoms with E-state index in [4.69, 9.17) is 5.11 Å². The van der Waals surface area contributed by atoms with Crippen molar-refractivity contribution in [3.8, 4) is 0 Å². The van der Waals surface area contributed by atoms with Crippen LogP contribution in [0.4, 0.5) is 4.79 Å². The number of aliphatic carboxylic acids is 1. The molecular formula is C12H16N2O3S. The minimum absolute atomic E-state index is 0.0390. The number of carbonyl (C=O) groups is 2. The topological polar surface area (TPSA) is 69.6 Å². The zero-order chi connectivity index (χ0) is 13.0. The third-order valence-electron chi connectivity index (χ3n) is 3.06. The van der Waals surface area contributed by atoms with Crippen molar-refractivity contribution in [3.05, 3.63) is 22.4 Å². The monoisotopic (exact) mass is 268 g/mol. The first-order chi connectivity index (χ1) is 8.68. The molecule has 1 unspecified atom stereocenters. The number of amides is 2. The molecule has 1 saturated heterocycles. The summed E-state index contributed by atoms with van der Waals surface area (Å²) in [6, 6.07) is 2.02. The first-order valence-corrected chi connectivity index (χ1v) is 6.91. The van der Waals surface area contributed by atoms with E-state index in [1.165, 1.54) is 5.56 Å². The SMILES string of the molecule is O=C(O)CCNC(=O)N1CCCC1c1ccsc1. The van der Waals surface area contributed by atoms with Gasteiger partial charge < -0.3 is 15.3 Å². The minimum Gasteiger partial charge on any atom is -0.481 e. The highest BCUT2D eigenvalue weighted by Crippen LogP contribution is 2.32. The molecule has 2 heterocycles. The Kier molecular flexibility index (Phi) is 4.19. The molecule has 1 aliphatic heterocycles. The zero-order valence-corrected chi connectivity index (χ0v) is 10.8. The maximum atomic E-state index is 12.0. The summed E-state index contributed by atoms with van der Waals surface area (Å²) < 4.78 is 0. The van der Waals surface area contributed by atoms with Gasteiger partial charge in [-0.25, -0.2) is 4.79 Å². The Morgan fingerprint density at radius 3 is 3.06 bits per heavy atom. The molecule has 2 N–H and O–H groups in total. The van der Waals surface area contributed by atoms with Crippen LogP contribution in [-0.2, 0) is 4.79 Å². The zero-order valence-electron chi connectivity index (χ0n) is 9.96. The van der Waals surface area contributed by atoms with Crippen molar-refractivity contribution >= 4 is 23.3 Å². The Morgan fingerprint density at radius 2 is 2.39 bits per heavy atom. The Hall–Kier alpha value is -1.56. The molecule has 6 heteroatoms. The number of thiophene rings is 1. The number of nitrogens with zero attached hydrogens (tertiary/aromatic N) is 1. The third kappa shape index (κ3) is 3.01. The second kappa shape index (κ2) is 5.86. The first-order valence-electron chi connectivity index (χ1n) is 5.97. The van der Waals surface area contributed by atoms with E-state index in [0.717, 1.165) is 19.4 Å². The van der Waals surface area contributed by atoms with Crippen LogP contribution in [0.3, 0.4) is 0 Å². The van der Waals surface area contributed by atoms with Crippen LogP contribution in [0, 0.1) is 0 Å². The number of urea groups is 1. The van der Waals surface area contributed by atoms with E-state index in [-0.39, 0.29) is 25.0 Å². The lowest BCUT2D eigenvalue weighted by molar-refractivity contribution is -0.136. The lowest BCUT2D eigenvalue weighted by Gasteiger charge is -2.24. The van der Waals surface area contributed by atoms with Crippen LogP contribution < -0.4 is 5.32 Å². The molecular weight excluding hydrogens is 252 g/mol. The highest BCUT2D eigenvalue weighted by Gasteiger charge is 2.29. The predicted molar refractivity (Wildman–Crippen MR) is 68.7 cm³/mol. The second-order valence-corrected chi connectivity index (χ2v) is 5.06. The fourth-order valence-corrected chi connectivity index (χ4v) is 2.91. The van der Waals surface area contributed by atoms with E-state index in [1.807, 2.05) is 11.4 Å². The summed E-state index contributed by atoms with van der Waals surface area (Å²) in [6.45, 7) is 0.917. The Morgan fingerprint density at radius 1 is 1.56 bits per heavy atom. The number of carbonyl (C=O) groups excluding carboxylic acids is 1. The number of hydrogen-bond acceptors (Lipinski definition) is 3. The summed E-state index contributed by atoms with van der Waals surface area (Å²) in [5.41, 5.74) is 1.17. The molecule has 2 rings (SSSR count). The van der Waals surface area contributed by atoms with Crippen molar-refractivity contribution < 1.29 is 14.7 Å². The lowest BCUT2D eigenvalue weighted by Crippen LogP contribution is -2.40. The molecule has 98 valence electrons. The van der Waals surface area contributed by atoms with Gasteiger partial charge in [-0.2, -0.15) is 11.3 Å². The average molecular weight is 268 g/mol. The van der Waals surface area contributed by atoms with Crippen molar-refractivity contribution in [1.29, 1.82) is 0 Å². The molecule has 0 saturated carbocycles. The van der Waals surface area contributed by atoms with Gasteiger partial charge in [0, 0.05) is 13.1 Å². The van der Waals surface area contributed by atoms with Crippen molar-refractivity contribution in [1.82, 2.24) is 10.2 Å². The van der Waals surface area contributed by atoms with Crippen molar-refractivity contribution in [2.75, 3.05) is 13.1 Å². The van der Waals surface area contributed by atoms with Gasteiger partial charge in [-0.05, 0) is 35.2 Å². The van der Waals surface area contributed by atoms with Gasteiger partial charge >= 0.3 is 12.0 Å². The number of nitrogens with one attached hydrogen (secondary N) is 1. The summed E-state index contributed by atoms with van der Waals surface area (Å²) in [5.74, 6) is -0.897. The second-order valence-electron chi connectivity index (χ2n) is 4.28. The molecule has 1 atom stereocenters. The molecule has 0 aromatic carbocycles. The third-order valence-corrected chi connectivity index (χ3v) is 3.76. The van der Waals surface area contributed by atoms with E-state index in [9.17, 15) is 9.59 Å². The predicted octanol–water partition coefficient (Wildman–Crippen LogP) is 2.07. The van der Waals surface area contributed by atoms with Crippen molar-refractivity contribution in [2.24, 2.45) is 0 Å². The average Bonchev–Trinajstić information content (AvgIpc) is 2.99. The van der Waals surface area contributed by atoms with Crippen LogP contribution >= 0.6 is 11.3 Å². The van der Waals surface area contributed by atoms with Gasteiger partial charge in [0.05, 0.1) is 12.5 Å². The fourth-order valence-electron chi connectivity index (χ4n) is 2.20. The van der Waals surface area contributed by atoms with Gasteiger partial charge in [-0.15, -0.1) is 0 Å². The van der Waals surface area contributed by atoms with Gasteiger partial charge in [-0.3, -0.25) is 4.79 Å². The van der Waals surface area contributed by atoms with Gasteiger partial charge in [-0.1, -0.05) is 0 Å². The highest BCUT2D eigenvalue weighted by molar-refractivity contribution is 7.07. The summed E-state index contributed by atoms with van der Waals surface area (Å²) in [7, 11) is 0. The molecule has 1 aromatic heterocycles. The van der Waals surface area contributed by atoms with E-state index >= 15 is 0 Å². The molecule has 0 spiro atoms. The Balaban J connectivity index is 1.91. The normalized spacial score (nSPS) is 18.9. The molecule has 5 nitrogen and oxygen atoms in total. The van der Waals surface area contributed by atoms with Gasteiger partial charge in [0.2, 0.25) is 0 Å². The van der Waals surface area contributed by atoms with Crippen LogP contribution in [0.2, 0.25) is 0 Å². The lowest BCUT2D eigenvalue weighted by atomic mass is 10.1. The molecule has 18 heavy (non-hydrogen) atoms. The number of likely N-dealkylation sites (tertiary alicyclic amines) is 1. The number of carboxylic acid groups (broad SMARTS) is 1. The number of rotatable bonds is 4. The Bertz CT molecular complexity index is 419. The Labute approximate surface area is 109 Å². The van der Waals surface area contributed by atoms with Crippen LogP contribution in [-0.4, -0.2) is 35.1 Å². The van der Waals surface area contributed by atoms with Gasteiger partial charge in [0.15, 0.2) is 0 Å². The largest absolute Gasteiger partial charge is 0.481 e. The van der Waals surface area contributed by atoms with E-state index < -0.39 is 5.97 Å². The molecule has 0 radical (unpaired) electrons. The summed E-state index contributed by atoms with van der Waals surface area (Å²) in [4.78, 5) is 24.1. The minimum atomic E-state index is -0.897. The highest BCUT2D eigenvalue weighted by atomic mass is 32.1. The molecule has 2 amide bonds. The maximum absolute atomic E-state index is 12.0. The molecule has 1 aromatic rings. The van der Waals surface area contributed by atoms with Crippen LogP contribution in [0.25, 0.3) is 0 Å². The van der Waals surface area contributed by atoms with Crippen LogP contribution in [0.5, 0.6) is 0 Å². The quantitative estimate of drug-likeness (QED) is 0.878. The number of carboxylic acids is 1. The van der Waals surface area contributed by atoms with E-state index in [0.29, 0.717) is 0 Å². The molecule has 1 aliphatic rings. The summed E-state index contributed by atoms with van der Waals surface area (Å²) in [5, 5.41) is 15.3. The maximum Gasteiger partial charge on any atom is 0.317 e. The van der Waals surface area contributed by atoms with Gasteiger partial charge in [0.25, 0.3) is 0 Å². The van der Waals surface area contributed by atoms with Crippen molar-refractivity contribution in [3.63, 3.8) is 0 Å². The molecule has 1 fully saturated rings. The number of hydrogen-bond donors (Lipinski definition) is 2. The van der Waals surface area contributed by atoms with Gasteiger partial charge in [0.1, 0.15) is 0 Å². The summed E-state index contributed by atoms with van der Waals surface area (Å²) in [6.07, 6.45) is 1.93. The fraction of sp³-hybridized carbons (Fsp3) is 0.500. The van der Waals surface area contributed by atoms with E-state index in [1.54, 1.807) is 16.2 Å². The first kappa shape index (κ1) is 12.9. The van der Waals surface area contributed by atoms with E-state index in [2.05, 4.69) is 10.7 Å². The summed E-state index contributed by atoms with van der Waals surface area (Å²) >= 11 is 1.63. The smallest absolute Gasteiger partial charge is 0.317 e. The molecule has 0 bridgehead atoms. The van der Waals surface area contributed by atoms with Crippen molar-refractivity contribution in [2.45, 2.75) is 25.3 Å².